The predicted octanol–water partition coefficient (Wildman–Crippen LogP) is 3.62. The van der Waals surface area contributed by atoms with Gasteiger partial charge in [0.05, 0.1) is 0 Å². The molecule has 2 fully saturated rings. The highest BCUT2D eigenvalue weighted by atomic mass is 127. The van der Waals surface area contributed by atoms with Crippen molar-refractivity contribution in [2.45, 2.75) is 84.2 Å². The van der Waals surface area contributed by atoms with E-state index in [1.54, 1.807) is 0 Å². The lowest BCUT2D eigenvalue weighted by atomic mass is 9.86. The molecular weight excluding hydrogens is 489 g/mol. The van der Waals surface area contributed by atoms with Gasteiger partial charge in [-0.3, -0.25) is 4.90 Å². The molecule has 1 aliphatic heterocycles. The van der Waals surface area contributed by atoms with E-state index < -0.39 is 0 Å². The number of likely N-dealkylation sites (N-methyl/N-ethyl adjacent to an activating group) is 1. The van der Waals surface area contributed by atoms with Gasteiger partial charge in [-0.2, -0.15) is 0 Å². The summed E-state index contributed by atoms with van der Waals surface area (Å²) >= 11 is 0. The third-order valence-electron chi connectivity index (χ3n) is 6.78. The van der Waals surface area contributed by atoms with Crippen LogP contribution in [0.1, 0.15) is 76.4 Å². The molecular formula is C22H42IN7. The van der Waals surface area contributed by atoms with E-state index >= 15 is 0 Å². The monoisotopic (exact) mass is 531 g/mol. The molecule has 30 heavy (non-hydrogen) atoms. The fraction of sp³-hybridized carbons (Fsp3) is 0.864. The molecule has 0 bridgehead atoms. The van der Waals surface area contributed by atoms with Crippen LogP contribution in [0, 0.1) is 12.8 Å². The minimum atomic E-state index is 0. The normalized spacial score (nSPS) is 20.9. The molecule has 3 rings (SSSR count). The van der Waals surface area contributed by atoms with E-state index in [0.29, 0.717) is 12.6 Å². The lowest BCUT2D eigenvalue weighted by molar-refractivity contribution is 0.267. The molecule has 172 valence electrons. The van der Waals surface area contributed by atoms with Gasteiger partial charge in [-0.05, 0) is 51.6 Å². The molecule has 8 heteroatoms. The highest BCUT2D eigenvalue weighted by Gasteiger charge is 2.22. The Hall–Kier alpha value is -0.900. The molecule has 2 heterocycles. The molecule has 0 amide bonds. The Balaban J connectivity index is 0.00000320. The van der Waals surface area contributed by atoms with E-state index in [-0.39, 0.29) is 24.0 Å². The van der Waals surface area contributed by atoms with Crippen molar-refractivity contribution < 1.29 is 0 Å². The third-order valence-corrected chi connectivity index (χ3v) is 6.78. The molecule has 1 unspecified atom stereocenters. The number of aromatic nitrogens is 3. The van der Waals surface area contributed by atoms with Crippen LogP contribution in [-0.2, 0) is 13.6 Å². The Morgan fingerprint density at radius 3 is 2.60 bits per heavy atom. The van der Waals surface area contributed by atoms with E-state index in [2.05, 4.69) is 32.7 Å². The summed E-state index contributed by atoms with van der Waals surface area (Å²) < 4.78 is 2.01. The molecule has 0 aromatic carbocycles. The molecule has 1 aliphatic carbocycles. The average Bonchev–Trinajstić information content (AvgIpc) is 3.34. The van der Waals surface area contributed by atoms with Gasteiger partial charge in [-0.15, -0.1) is 34.2 Å². The van der Waals surface area contributed by atoms with Crippen LogP contribution in [0.25, 0.3) is 0 Å². The number of aryl methyl sites for hydroxylation is 1. The van der Waals surface area contributed by atoms with Crippen molar-refractivity contribution in [3.8, 4) is 0 Å². The quantitative estimate of drug-likeness (QED) is 0.221. The fourth-order valence-corrected chi connectivity index (χ4v) is 4.74. The first-order valence-corrected chi connectivity index (χ1v) is 11.8. The van der Waals surface area contributed by atoms with Gasteiger partial charge in [0, 0.05) is 26.2 Å². The van der Waals surface area contributed by atoms with E-state index in [9.17, 15) is 0 Å². The summed E-state index contributed by atoms with van der Waals surface area (Å²) in [4.78, 5) is 7.39. The second kappa shape index (κ2) is 13.5. The Kier molecular flexibility index (Phi) is 11.4. The Bertz CT molecular complexity index is 639. The van der Waals surface area contributed by atoms with Crippen molar-refractivity contribution in [3.63, 3.8) is 0 Å². The van der Waals surface area contributed by atoms with E-state index in [1.807, 2.05) is 18.5 Å². The summed E-state index contributed by atoms with van der Waals surface area (Å²) in [5, 5.41) is 15.6. The second-order valence-electron chi connectivity index (χ2n) is 8.77. The maximum absolute atomic E-state index is 4.82. The lowest BCUT2D eigenvalue weighted by Gasteiger charge is -2.24. The van der Waals surface area contributed by atoms with Crippen LogP contribution in [0.4, 0.5) is 0 Å². The Morgan fingerprint density at radius 2 is 1.90 bits per heavy atom. The van der Waals surface area contributed by atoms with Crippen molar-refractivity contribution in [1.82, 2.24) is 30.3 Å². The molecule has 2 aliphatic rings. The fourth-order valence-electron chi connectivity index (χ4n) is 4.74. The predicted molar refractivity (Wildman–Crippen MR) is 134 cm³/mol. The second-order valence-corrected chi connectivity index (χ2v) is 8.77. The van der Waals surface area contributed by atoms with Gasteiger partial charge < -0.3 is 15.2 Å². The van der Waals surface area contributed by atoms with Crippen LogP contribution in [0.5, 0.6) is 0 Å². The number of hydrogen-bond donors (Lipinski definition) is 2. The standard InChI is InChI=1S/C22H41N7.HI/c1-4-29-15-9-13-20(29)16-24-22(25-17-21-27-26-18(2)28(21)3)23-14-8-12-19-10-6-5-7-11-19;/h19-20H,4-17H2,1-3H3,(H2,23,24,25);1H. The highest BCUT2D eigenvalue weighted by molar-refractivity contribution is 14.0. The molecule has 7 nitrogen and oxygen atoms in total. The lowest BCUT2D eigenvalue weighted by Crippen LogP contribution is -2.45. The van der Waals surface area contributed by atoms with Gasteiger partial charge in [0.2, 0.25) is 0 Å². The maximum Gasteiger partial charge on any atom is 0.191 e. The van der Waals surface area contributed by atoms with Crippen molar-refractivity contribution in [2.24, 2.45) is 18.0 Å². The number of hydrogen-bond acceptors (Lipinski definition) is 4. The SMILES string of the molecule is CCN1CCCC1CNC(=NCc1nnc(C)n1C)NCCCC1CCCCC1.I. The minimum absolute atomic E-state index is 0. The number of halogens is 1. The molecule has 1 aromatic rings. The zero-order chi connectivity index (χ0) is 20.5. The van der Waals surface area contributed by atoms with Crippen LogP contribution in [0.2, 0.25) is 0 Å². The molecule has 0 radical (unpaired) electrons. The maximum atomic E-state index is 4.82. The first-order valence-electron chi connectivity index (χ1n) is 11.8. The van der Waals surface area contributed by atoms with Crippen LogP contribution < -0.4 is 10.6 Å². The summed E-state index contributed by atoms with van der Waals surface area (Å²) in [5.74, 6) is 3.69. The largest absolute Gasteiger partial charge is 0.356 e. The molecule has 1 aromatic heterocycles. The van der Waals surface area contributed by atoms with Gasteiger partial charge in [0.25, 0.3) is 0 Å². The van der Waals surface area contributed by atoms with Crippen LogP contribution >= 0.6 is 24.0 Å². The number of rotatable bonds is 9. The summed E-state index contributed by atoms with van der Waals surface area (Å²) in [6.45, 7) is 9.09. The number of nitrogens with one attached hydrogen (secondary N) is 2. The first-order chi connectivity index (χ1) is 14.2. The number of nitrogens with zero attached hydrogens (tertiary/aromatic N) is 5. The summed E-state index contributed by atoms with van der Waals surface area (Å²) in [7, 11) is 2.00. The number of aliphatic imine (C=N–C) groups is 1. The zero-order valence-corrected chi connectivity index (χ0v) is 21.5. The van der Waals surface area contributed by atoms with Crippen molar-refractivity contribution in [2.75, 3.05) is 26.2 Å². The van der Waals surface area contributed by atoms with Crippen molar-refractivity contribution in [1.29, 1.82) is 0 Å². The van der Waals surface area contributed by atoms with Crippen molar-refractivity contribution in [3.05, 3.63) is 11.6 Å². The van der Waals surface area contributed by atoms with Gasteiger partial charge >= 0.3 is 0 Å². The Labute approximate surface area is 199 Å². The Morgan fingerprint density at radius 1 is 1.10 bits per heavy atom. The van der Waals surface area contributed by atoms with Crippen LogP contribution in [-0.4, -0.2) is 57.8 Å². The first kappa shape index (κ1) is 25.4. The number of likely N-dealkylation sites (tertiary alicyclic amines) is 1. The summed E-state index contributed by atoms with van der Waals surface area (Å²) in [5.41, 5.74) is 0. The van der Waals surface area contributed by atoms with Crippen molar-refractivity contribution >= 4 is 29.9 Å². The topological polar surface area (TPSA) is 70.4 Å². The summed E-state index contributed by atoms with van der Waals surface area (Å²) in [6, 6.07) is 0.617. The molecule has 2 N–H and O–H groups in total. The van der Waals surface area contributed by atoms with Gasteiger partial charge in [0.15, 0.2) is 11.8 Å². The molecule has 1 saturated heterocycles. The molecule has 1 atom stereocenters. The zero-order valence-electron chi connectivity index (χ0n) is 19.2. The van der Waals surface area contributed by atoms with Gasteiger partial charge in [-0.1, -0.05) is 39.0 Å². The smallest absolute Gasteiger partial charge is 0.191 e. The highest BCUT2D eigenvalue weighted by Crippen LogP contribution is 2.26. The molecule has 1 saturated carbocycles. The van der Waals surface area contributed by atoms with E-state index in [1.165, 1.54) is 64.3 Å². The summed E-state index contributed by atoms with van der Waals surface area (Å²) in [6.07, 6.45) is 12.3. The third kappa shape index (κ3) is 7.66. The average molecular weight is 532 g/mol. The van der Waals surface area contributed by atoms with Gasteiger partial charge in [-0.25, -0.2) is 4.99 Å². The van der Waals surface area contributed by atoms with E-state index in [0.717, 1.165) is 43.2 Å². The number of guanidine groups is 1. The van der Waals surface area contributed by atoms with Gasteiger partial charge in [0.1, 0.15) is 12.4 Å². The van der Waals surface area contributed by atoms with E-state index in [4.69, 9.17) is 4.99 Å². The van der Waals surface area contributed by atoms with Crippen LogP contribution in [0.3, 0.4) is 0 Å². The molecule has 0 spiro atoms. The minimum Gasteiger partial charge on any atom is -0.356 e. The van der Waals surface area contributed by atoms with Crippen LogP contribution in [0.15, 0.2) is 4.99 Å².